The fourth-order valence-corrected chi connectivity index (χ4v) is 3.02. The number of hydrogen-bond acceptors (Lipinski definition) is 2. The Morgan fingerprint density at radius 2 is 0.850 bits per heavy atom. The minimum atomic E-state index is 0.395. The molecule has 0 aliphatic rings. The third-order valence-corrected chi connectivity index (χ3v) is 3.72. The van der Waals surface area contributed by atoms with Crippen LogP contribution in [-0.2, 0) is 0 Å². The summed E-state index contributed by atoms with van der Waals surface area (Å²) in [6.45, 7) is 3.79. The molecular weight excluding hydrogens is 338 g/mol. The number of nitrogens with zero attached hydrogens (tertiary/aromatic N) is 2. The van der Waals surface area contributed by atoms with Crippen molar-refractivity contribution in [2.75, 3.05) is 0 Å². The topological polar surface area (TPSA) is 24.7 Å². The molecule has 2 nitrogen and oxygen atoms in total. The summed E-state index contributed by atoms with van der Waals surface area (Å²) in [5.74, 6) is 0. The molecule has 0 spiro atoms. The number of rotatable bonds is 2. The van der Waals surface area contributed by atoms with Crippen LogP contribution in [0.1, 0.15) is 11.1 Å². The molecule has 2 aromatic rings. The van der Waals surface area contributed by atoms with Crippen LogP contribution in [0.4, 0.5) is 11.4 Å². The Morgan fingerprint density at radius 1 is 0.600 bits per heavy atom. The molecule has 0 radical (unpaired) electrons. The van der Waals surface area contributed by atoms with Crippen molar-refractivity contribution in [2.45, 2.75) is 13.8 Å². The molecule has 0 saturated carbocycles. The highest BCUT2D eigenvalue weighted by molar-refractivity contribution is 6.39. The minimum absolute atomic E-state index is 0.395. The zero-order valence-corrected chi connectivity index (χ0v) is 13.7. The van der Waals surface area contributed by atoms with Gasteiger partial charge in [-0.25, -0.2) is 0 Å². The van der Waals surface area contributed by atoms with E-state index in [1.165, 1.54) is 0 Å². The standard InChI is InChI=1S/C14H10Cl4N2/c1-7-3-9(15)13(10(16)4-7)19-20-14-11(17)5-8(2)6-12(14)18/h3-6H,1-2H3. The van der Waals surface area contributed by atoms with Gasteiger partial charge in [0.1, 0.15) is 11.4 Å². The van der Waals surface area contributed by atoms with Gasteiger partial charge in [0, 0.05) is 0 Å². The number of aryl methyl sites for hydroxylation is 2. The first-order chi connectivity index (χ1) is 9.38. The van der Waals surface area contributed by atoms with E-state index in [1.54, 1.807) is 24.3 Å². The van der Waals surface area contributed by atoms with Crippen LogP contribution in [-0.4, -0.2) is 0 Å². The molecule has 2 aromatic carbocycles. The molecule has 0 atom stereocenters. The summed E-state index contributed by atoms with van der Waals surface area (Å²) in [6, 6.07) is 7.06. The summed E-state index contributed by atoms with van der Waals surface area (Å²) in [7, 11) is 0. The van der Waals surface area contributed by atoms with Gasteiger partial charge in [-0.15, -0.1) is 10.2 Å². The lowest BCUT2D eigenvalue weighted by Gasteiger charge is -2.04. The van der Waals surface area contributed by atoms with E-state index in [0.717, 1.165) is 11.1 Å². The Kier molecular flexibility index (Phi) is 4.92. The van der Waals surface area contributed by atoms with E-state index in [1.807, 2.05) is 13.8 Å². The lowest BCUT2D eigenvalue weighted by molar-refractivity contribution is 1.22. The van der Waals surface area contributed by atoms with Crippen molar-refractivity contribution >= 4 is 57.8 Å². The van der Waals surface area contributed by atoms with Gasteiger partial charge >= 0.3 is 0 Å². The van der Waals surface area contributed by atoms with E-state index in [-0.39, 0.29) is 0 Å². The average Bonchev–Trinajstić information content (AvgIpc) is 2.30. The van der Waals surface area contributed by atoms with Crippen molar-refractivity contribution in [3.8, 4) is 0 Å². The maximum Gasteiger partial charge on any atom is 0.123 e. The van der Waals surface area contributed by atoms with Crippen molar-refractivity contribution < 1.29 is 0 Å². The van der Waals surface area contributed by atoms with Gasteiger partial charge in [-0.1, -0.05) is 46.4 Å². The van der Waals surface area contributed by atoms with Crippen LogP contribution in [0.5, 0.6) is 0 Å². The summed E-state index contributed by atoms with van der Waals surface area (Å²) in [4.78, 5) is 0. The highest BCUT2D eigenvalue weighted by atomic mass is 35.5. The summed E-state index contributed by atoms with van der Waals surface area (Å²) in [5.41, 5.74) is 2.69. The Balaban J connectivity index is 2.45. The van der Waals surface area contributed by atoms with Gasteiger partial charge in [0.25, 0.3) is 0 Å². The van der Waals surface area contributed by atoms with E-state index in [4.69, 9.17) is 46.4 Å². The van der Waals surface area contributed by atoms with Crippen LogP contribution in [0.3, 0.4) is 0 Å². The molecule has 0 aromatic heterocycles. The predicted octanol–water partition coefficient (Wildman–Crippen LogP) is 7.33. The van der Waals surface area contributed by atoms with E-state index < -0.39 is 0 Å². The summed E-state index contributed by atoms with van der Waals surface area (Å²) in [5, 5.41) is 9.84. The smallest absolute Gasteiger partial charge is 0.123 e. The van der Waals surface area contributed by atoms with Crippen molar-refractivity contribution in [3.05, 3.63) is 55.5 Å². The first-order valence-corrected chi connectivity index (χ1v) is 7.22. The fourth-order valence-electron chi connectivity index (χ4n) is 1.68. The van der Waals surface area contributed by atoms with Crippen LogP contribution in [0.15, 0.2) is 34.5 Å². The highest BCUT2D eigenvalue weighted by Gasteiger charge is 2.09. The molecule has 0 saturated heterocycles. The molecule has 0 unspecified atom stereocenters. The van der Waals surface area contributed by atoms with E-state index in [9.17, 15) is 0 Å². The maximum atomic E-state index is 6.10. The molecule has 20 heavy (non-hydrogen) atoms. The molecular formula is C14H10Cl4N2. The van der Waals surface area contributed by atoms with Crippen molar-refractivity contribution in [3.63, 3.8) is 0 Å². The minimum Gasteiger partial charge on any atom is -0.147 e. The molecule has 0 aliphatic heterocycles. The Bertz CT molecular complexity index is 590. The Labute approximate surface area is 137 Å². The maximum absolute atomic E-state index is 6.10. The van der Waals surface area contributed by atoms with E-state index in [0.29, 0.717) is 31.5 Å². The Hall–Kier alpha value is -0.800. The van der Waals surface area contributed by atoms with Gasteiger partial charge in [-0.2, -0.15) is 0 Å². The quantitative estimate of drug-likeness (QED) is 0.508. The highest BCUT2D eigenvalue weighted by Crippen LogP contribution is 2.39. The third kappa shape index (κ3) is 3.44. The van der Waals surface area contributed by atoms with Crippen molar-refractivity contribution in [2.24, 2.45) is 10.2 Å². The first-order valence-electron chi connectivity index (χ1n) is 5.71. The lowest BCUT2D eigenvalue weighted by atomic mass is 10.2. The second kappa shape index (κ2) is 6.31. The number of halogens is 4. The molecule has 2 rings (SSSR count). The van der Waals surface area contributed by atoms with Gasteiger partial charge in [-0.05, 0) is 49.2 Å². The molecule has 0 aliphatic carbocycles. The van der Waals surface area contributed by atoms with Gasteiger partial charge in [-0.3, -0.25) is 0 Å². The molecule has 104 valence electrons. The second-order valence-electron chi connectivity index (χ2n) is 4.35. The summed E-state index contributed by atoms with van der Waals surface area (Å²) >= 11 is 24.4. The average molecular weight is 348 g/mol. The number of azo groups is 1. The number of benzene rings is 2. The molecule has 6 heteroatoms. The predicted molar refractivity (Wildman–Crippen MR) is 86.6 cm³/mol. The van der Waals surface area contributed by atoms with Crippen LogP contribution < -0.4 is 0 Å². The van der Waals surface area contributed by atoms with Gasteiger partial charge in [0.05, 0.1) is 20.1 Å². The van der Waals surface area contributed by atoms with Crippen LogP contribution >= 0.6 is 46.4 Å². The van der Waals surface area contributed by atoms with Gasteiger partial charge in [0.2, 0.25) is 0 Å². The van der Waals surface area contributed by atoms with Crippen molar-refractivity contribution in [1.82, 2.24) is 0 Å². The molecule has 0 bridgehead atoms. The van der Waals surface area contributed by atoms with Gasteiger partial charge < -0.3 is 0 Å². The third-order valence-electron chi connectivity index (χ3n) is 2.57. The number of hydrogen-bond donors (Lipinski definition) is 0. The van der Waals surface area contributed by atoms with Crippen LogP contribution in [0.25, 0.3) is 0 Å². The molecule has 0 heterocycles. The van der Waals surface area contributed by atoms with Crippen LogP contribution in [0, 0.1) is 13.8 Å². The van der Waals surface area contributed by atoms with Crippen molar-refractivity contribution in [1.29, 1.82) is 0 Å². The van der Waals surface area contributed by atoms with E-state index in [2.05, 4.69) is 10.2 Å². The monoisotopic (exact) mass is 346 g/mol. The first kappa shape index (κ1) is 15.6. The van der Waals surface area contributed by atoms with E-state index >= 15 is 0 Å². The fraction of sp³-hybridized carbons (Fsp3) is 0.143. The zero-order valence-electron chi connectivity index (χ0n) is 10.7. The zero-order chi connectivity index (χ0) is 14.9. The largest absolute Gasteiger partial charge is 0.147 e. The molecule has 0 amide bonds. The molecule has 0 fully saturated rings. The normalized spacial score (nSPS) is 11.3. The summed E-state index contributed by atoms with van der Waals surface area (Å²) in [6.07, 6.45) is 0. The summed E-state index contributed by atoms with van der Waals surface area (Å²) < 4.78 is 0. The Morgan fingerprint density at radius 3 is 1.10 bits per heavy atom. The SMILES string of the molecule is Cc1cc(Cl)c(N=Nc2c(Cl)cc(C)cc2Cl)c(Cl)c1. The van der Waals surface area contributed by atoms with Gasteiger partial charge in [0.15, 0.2) is 0 Å². The second-order valence-corrected chi connectivity index (χ2v) is 5.98. The van der Waals surface area contributed by atoms with Crippen LogP contribution in [0.2, 0.25) is 20.1 Å². The molecule has 0 N–H and O–H groups in total. The lowest BCUT2D eigenvalue weighted by Crippen LogP contribution is -1.78.